The van der Waals surface area contributed by atoms with Gasteiger partial charge in [-0.3, -0.25) is 37.3 Å². The van der Waals surface area contributed by atoms with Gasteiger partial charge < -0.3 is 33.8 Å². The van der Waals surface area contributed by atoms with E-state index in [0.717, 1.165) is 95.8 Å². The van der Waals surface area contributed by atoms with E-state index in [0.29, 0.717) is 25.7 Å². The Morgan fingerprint density at radius 1 is 0.269 bits per heavy atom. The van der Waals surface area contributed by atoms with Gasteiger partial charge in [0.25, 0.3) is 0 Å². The first-order valence-corrected chi connectivity index (χ1v) is 47.2. The van der Waals surface area contributed by atoms with Crippen molar-refractivity contribution < 1.29 is 80.2 Å². The Bertz CT molecular complexity index is 1980. The Morgan fingerprint density at radius 3 is 0.683 bits per heavy atom. The lowest BCUT2D eigenvalue weighted by atomic mass is 9.99. The highest BCUT2D eigenvalue weighted by molar-refractivity contribution is 7.47. The van der Waals surface area contributed by atoms with Gasteiger partial charge in [-0.15, -0.1) is 0 Å². The van der Waals surface area contributed by atoms with Crippen LogP contribution in [-0.4, -0.2) is 96.7 Å². The number of hydrogen-bond acceptors (Lipinski definition) is 15. The molecule has 6 atom stereocenters. The topological polar surface area (TPSA) is 237 Å². The molecule has 0 aromatic carbocycles. The molecule has 0 saturated heterocycles. The van der Waals surface area contributed by atoms with Crippen LogP contribution in [0.4, 0.5) is 0 Å². The van der Waals surface area contributed by atoms with E-state index in [2.05, 4.69) is 34.6 Å². The fourth-order valence-electron chi connectivity index (χ4n) is 13.3. The summed E-state index contributed by atoms with van der Waals surface area (Å²) in [5, 5.41) is 10.7. The van der Waals surface area contributed by atoms with E-state index in [1.807, 2.05) is 0 Å². The maximum Gasteiger partial charge on any atom is 0.472 e. The molecule has 0 spiro atoms. The molecule has 0 amide bonds. The largest absolute Gasteiger partial charge is 0.472 e. The summed E-state index contributed by atoms with van der Waals surface area (Å²) in [6.07, 6.45) is 71.0. The molecule has 19 heteroatoms. The second-order valence-corrected chi connectivity index (χ2v) is 33.7. The number of carbonyl (C=O) groups is 4. The zero-order chi connectivity index (χ0) is 76.2. The number of esters is 4. The lowest BCUT2D eigenvalue weighted by molar-refractivity contribution is -0.161. The molecule has 17 nitrogen and oxygen atoms in total. The van der Waals surface area contributed by atoms with Crippen LogP contribution in [0.1, 0.15) is 458 Å². The fraction of sp³-hybridized carbons (Fsp3) is 0.953. The summed E-state index contributed by atoms with van der Waals surface area (Å²) >= 11 is 0. The number of phosphoric acid groups is 2. The number of aliphatic hydroxyl groups is 1. The SMILES string of the molecule is CCCCCCCCCCCCCCCCCCCCCCCC(=O)OC[C@H](COP(=O)(O)OC[C@@H](O)COP(=O)(O)OC[C@@H](COC(=O)CCCCCCCCCCCC)OC(=O)CCCCCCCCCCC(C)CC)OC(=O)CCCCCCCCCCCCCCCCCCCCCCC. The molecule has 104 heavy (non-hydrogen) atoms. The Morgan fingerprint density at radius 2 is 0.462 bits per heavy atom. The van der Waals surface area contributed by atoms with E-state index in [-0.39, 0.29) is 25.7 Å². The molecular formula is C85H166O17P2. The average Bonchev–Trinajstić information content (AvgIpc) is 0.913. The van der Waals surface area contributed by atoms with Gasteiger partial charge in [-0.25, -0.2) is 9.13 Å². The number of hydrogen-bond donors (Lipinski definition) is 3. The van der Waals surface area contributed by atoms with Gasteiger partial charge in [0, 0.05) is 25.7 Å². The van der Waals surface area contributed by atoms with Crippen LogP contribution in [0.15, 0.2) is 0 Å². The standard InChI is InChI=1S/C85H166O17P2/c1-6-10-13-16-19-22-25-27-29-31-33-35-37-39-41-43-45-48-54-59-64-69-83(88)96-74-80(101-84(89)70-65-60-55-49-46-44-42-40-38-36-34-32-30-28-26-23-20-17-14-11-7-2)76-99-103(91,92)97-72-79(86)73-98-104(93,94)100-77-81(75-95-82(87)68-63-58-53-47-24-21-18-15-12-8-3)102-85(90)71-66-61-56-51-50-52-57-62-67-78(5)9-4/h78-81,86H,6-77H2,1-5H3,(H,91,92)(H,93,94)/t78?,79-,80-,81-/m1/s1. The number of ether oxygens (including phenoxy) is 4. The van der Waals surface area contributed by atoms with Gasteiger partial charge in [0.05, 0.1) is 26.4 Å². The molecule has 0 radical (unpaired) electrons. The first-order valence-electron chi connectivity index (χ1n) is 44.2. The Hall–Kier alpha value is -1.94. The van der Waals surface area contributed by atoms with Crippen molar-refractivity contribution in [2.75, 3.05) is 39.6 Å². The van der Waals surface area contributed by atoms with Crippen LogP contribution in [-0.2, 0) is 65.4 Å². The Labute approximate surface area is 638 Å². The average molecular weight is 1520 g/mol. The van der Waals surface area contributed by atoms with Crippen LogP contribution in [0.5, 0.6) is 0 Å². The van der Waals surface area contributed by atoms with Crippen molar-refractivity contribution in [3.8, 4) is 0 Å². The van der Waals surface area contributed by atoms with Crippen LogP contribution < -0.4 is 0 Å². The quantitative estimate of drug-likeness (QED) is 0.0222. The minimum atomic E-state index is -4.96. The molecule has 3 N–H and O–H groups in total. The predicted octanol–water partition coefficient (Wildman–Crippen LogP) is 26.0. The molecule has 3 unspecified atom stereocenters. The van der Waals surface area contributed by atoms with Gasteiger partial charge in [0.15, 0.2) is 12.2 Å². The molecule has 0 aromatic heterocycles. The summed E-state index contributed by atoms with van der Waals surface area (Å²) in [4.78, 5) is 73.1. The maximum atomic E-state index is 13.1. The van der Waals surface area contributed by atoms with Gasteiger partial charge in [-0.1, -0.05) is 407 Å². The second kappa shape index (κ2) is 77.8. The lowest BCUT2D eigenvalue weighted by Gasteiger charge is -2.21. The summed E-state index contributed by atoms with van der Waals surface area (Å²) < 4.78 is 68.8. The molecule has 0 aliphatic carbocycles. The number of rotatable bonds is 85. The highest BCUT2D eigenvalue weighted by atomic mass is 31.2. The molecule has 0 rings (SSSR count). The third kappa shape index (κ3) is 76.8. The van der Waals surface area contributed by atoms with Gasteiger partial charge in [-0.2, -0.15) is 0 Å². The summed E-state index contributed by atoms with van der Waals surface area (Å²) in [5.74, 6) is -1.34. The molecule has 0 bridgehead atoms. The van der Waals surface area contributed by atoms with E-state index < -0.39 is 97.5 Å². The third-order valence-electron chi connectivity index (χ3n) is 20.4. The minimum Gasteiger partial charge on any atom is -0.462 e. The first-order chi connectivity index (χ1) is 50.6. The van der Waals surface area contributed by atoms with Crippen LogP contribution in [0.3, 0.4) is 0 Å². The van der Waals surface area contributed by atoms with Crippen molar-refractivity contribution in [2.45, 2.75) is 477 Å². The van der Waals surface area contributed by atoms with E-state index in [1.54, 1.807) is 0 Å². The second-order valence-electron chi connectivity index (χ2n) is 30.8. The van der Waals surface area contributed by atoms with Crippen molar-refractivity contribution in [1.82, 2.24) is 0 Å². The fourth-order valence-corrected chi connectivity index (χ4v) is 14.8. The van der Waals surface area contributed by atoms with Crippen LogP contribution in [0.2, 0.25) is 0 Å². The molecule has 0 aliphatic rings. The highest BCUT2D eigenvalue weighted by Crippen LogP contribution is 2.45. The Balaban J connectivity index is 5.19. The van der Waals surface area contributed by atoms with Crippen LogP contribution >= 0.6 is 15.6 Å². The molecule has 0 heterocycles. The molecule has 0 saturated carbocycles. The molecule has 0 fully saturated rings. The number of carbonyl (C=O) groups excluding carboxylic acids is 4. The molecule has 0 aromatic rings. The minimum absolute atomic E-state index is 0.106. The van der Waals surface area contributed by atoms with E-state index in [4.69, 9.17) is 37.0 Å². The predicted molar refractivity (Wildman–Crippen MR) is 428 cm³/mol. The monoisotopic (exact) mass is 1520 g/mol. The summed E-state index contributed by atoms with van der Waals surface area (Å²) in [6.45, 7) is 7.33. The summed E-state index contributed by atoms with van der Waals surface area (Å²) in [5.41, 5.74) is 0. The van der Waals surface area contributed by atoms with Crippen LogP contribution in [0.25, 0.3) is 0 Å². The number of phosphoric ester groups is 2. The van der Waals surface area contributed by atoms with Crippen LogP contribution in [0, 0.1) is 5.92 Å². The number of unbranched alkanes of at least 4 members (excludes halogenated alkanes) is 56. The molecular weight excluding hydrogens is 1350 g/mol. The summed E-state index contributed by atoms with van der Waals surface area (Å²) in [6, 6.07) is 0. The smallest absolute Gasteiger partial charge is 0.462 e. The zero-order valence-electron chi connectivity index (χ0n) is 68.2. The van der Waals surface area contributed by atoms with E-state index >= 15 is 0 Å². The zero-order valence-corrected chi connectivity index (χ0v) is 70.0. The molecule has 0 aliphatic heterocycles. The van der Waals surface area contributed by atoms with E-state index in [9.17, 15) is 43.2 Å². The highest BCUT2D eigenvalue weighted by Gasteiger charge is 2.30. The van der Waals surface area contributed by atoms with Crippen molar-refractivity contribution >= 4 is 39.5 Å². The molecule has 618 valence electrons. The van der Waals surface area contributed by atoms with Crippen molar-refractivity contribution in [3.63, 3.8) is 0 Å². The van der Waals surface area contributed by atoms with Gasteiger partial charge >= 0.3 is 39.5 Å². The van der Waals surface area contributed by atoms with Crippen molar-refractivity contribution in [1.29, 1.82) is 0 Å². The van der Waals surface area contributed by atoms with Crippen molar-refractivity contribution in [3.05, 3.63) is 0 Å². The number of aliphatic hydroxyl groups excluding tert-OH is 1. The first kappa shape index (κ1) is 102. The summed E-state index contributed by atoms with van der Waals surface area (Å²) in [7, 11) is -9.92. The van der Waals surface area contributed by atoms with Crippen molar-refractivity contribution in [2.24, 2.45) is 5.92 Å². The lowest BCUT2D eigenvalue weighted by Crippen LogP contribution is -2.30. The normalized spacial score (nSPS) is 14.0. The third-order valence-corrected chi connectivity index (χ3v) is 22.3. The van der Waals surface area contributed by atoms with Gasteiger partial charge in [-0.05, 0) is 31.6 Å². The van der Waals surface area contributed by atoms with E-state index in [1.165, 1.54) is 283 Å². The maximum absolute atomic E-state index is 13.1. The van der Waals surface area contributed by atoms with Gasteiger partial charge in [0.2, 0.25) is 0 Å². The van der Waals surface area contributed by atoms with Gasteiger partial charge in [0.1, 0.15) is 19.3 Å². The Kier molecular flexibility index (Phi) is 76.3.